The summed E-state index contributed by atoms with van der Waals surface area (Å²) < 4.78 is 341. The molecule has 5 aromatic rings. The summed E-state index contributed by atoms with van der Waals surface area (Å²) in [5, 5.41) is 0. The van der Waals surface area contributed by atoms with Crippen molar-refractivity contribution >= 4 is 44.7 Å². The van der Waals surface area contributed by atoms with Gasteiger partial charge < -0.3 is 0 Å². The van der Waals surface area contributed by atoms with Crippen LogP contribution in [0.4, 0.5) is 105 Å². The number of halogens is 24. The van der Waals surface area contributed by atoms with E-state index >= 15 is 0 Å². The van der Waals surface area contributed by atoms with E-state index in [9.17, 15) is 110 Å². The Morgan fingerprint density at radius 3 is 0.700 bits per heavy atom. The van der Waals surface area contributed by atoms with E-state index in [1.54, 1.807) is 0 Å². The number of rotatable bonds is 7. The van der Waals surface area contributed by atoms with Crippen LogP contribution in [0.3, 0.4) is 0 Å². The predicted octanol–water partition coefficient (Wildman–Crippen LogP) is 13.3. The van der Waals surface area contributed by atoms with Gasteiger partial charge in [-0.1, -0.05) is 78.4 Å². The Kier molecular flexibility index (Phi) is 15.7. The first-order chi connectivity index (χ1) is 31.4. The number of aryl methyl sites for hydroxylation is 1. The smallest absolute Gasteiger partial charge is 0.289 e. The van der Waals surface area contributed by atoms with Gasteiger partial charge in [-0.05, 0) is 42.1 Å². The maximum atomic E-state index is 14.2. The highest BCUT2D eigenvalue weighted by molar-refractivity contribution is 7.96. The van der Waals surface area contributed by atoms with Crippen LogP contribution in [0.15, 0.2) is 97.1 Å². The molecular weight excluding hydrogens is 1030 g/mol. The highest BCUT2D eigenvalue weighted by Gasteiger charge is 2.47. The standard InChI is InChI=1S/C32H12BF24.C11H15OS/c34-25(35,36)13-1-14(26(37,38)39)6-21(5-13)33(22-7-15(27(40,41)42)2-16(8-22)28(43,44)45,23-9-17(29(46,47)48)3-18(10-23)30(49,50)51)24-11-19(31(52,53)54)4-20(12-24)32(55,56)57;1-9-4-6-10(7-5-9)11(12)8-13(2)3/h1-12H;4-7H,8H2,1-3H3/q-1;+1. The molecule has 0 unspecified atom stereocenters. The lowest BCUT2D eigenvalue weighted by molar-refractivity contribution is -0.144. The minimum Gasteiger partial charge on any atom is -0.289 e. The summed E-state index contributed by atoms with van der Waals surface area (Å²) in [7, 11) is 0.199. The van der Waals surface area contributed by atoms with Gasteiger partial charge in [0.05, 0.1) is 57.0 Å². The molecule has 0 saturated carbocycles. The summed E-state index contributed by atoms with van der Waals surface area (Å²) in [6.45, 7) is 2.03. The topological polar surface area (TPSA) is 17.1 Å². The molecule has 0 N–H and O–H groups in total. The number of alkyl halides is 24. The summed E-state index contributed by atoms with van der Waals surface area (Å²) in [6, 6.07) is -1.03. The second-order valence-electron chi connectivity index (χ2n) is 15.6. The van der Waals surface area contributed by atoms with Crippen LogP contribution in [-0.4, -0.2) is 30.2 Å². The van der Waals surface area contributed by atoms with Crippen molar-refractivity contribution in [2.45, 2.75) is 56.3 Å². The number of Topliss-reactive ketones (excluding diaryl/α,β-unsaturated/α-hetero) is 1. The van der Waals surface area contributed by atoms with Crippen LogP contribution in [0, 0.1) is 6.92 Å². The summed E-state index contributed by atoms with van der Waals surface area (Å²) >= 11 is 0. The monoisotopic (exact) mass is 1060 g/mol. The van der Waals surface area contributed by atoms with E-state index in [0.717, 1.165) is 5.56 Å². The van der Waals surface area contributed by atoms with Crippen molar-refractivity contribution in [3.8, 4) is 0 Å². The largest absolute Gasteiger partial charge is 0.416 e. The zero-order chi connectivity index (χ0) is 53.8. The zero-order valence-corrected chi connectivity index (χ0v) is 35.7. The van der Waals surface area contributed by atoms with Crippen molar-refractivity contribution in [3.05, 3.63) is 153 Å². The first kappa shape index (κ1) is 57.1. The number of carbonyl (C=O) groups is 1. The van der Waals surface area contributed by atoms with Gasteiger partial charge in [0.2, 0.25) is 5.78 Å². The Hall–Kier alpha value is -5.50. The van der Waals surface area contributed by atoms with Crippen LogP contribution >= 0.6 is 0 Å². The van der Waals surface area contributed by atoms with Gasteiger partial charge in [0.25, 0.3) is 0 Å². The average molecular weight is 1060 g/mol. The molecule has 0 radical (unpaired) electrons. The molecule has 27 heteroatoms. The van der Waals surface area contributed by atoms with Gasteiger partial charge in [-0.15, -0.1) is 0 Å². The molecule has 382 valence electrons. The normalized spacial score (nSPS) is 13.6. The minimum atomic E-state index is -6.13. The van der Waals surface area contributed by atoms with Crippen LogP contribution in [0.5, 0.6) is 0 Å². The van der Waals surface area contributed by atoms with Gasteiger partial charge in [0.1, 0.15) is 6.15 Å². The number of hydrogen-bond acceptors (Lipinski definition) is 1. The van der Waals surface area contributed by atoms with Gasteiger partial charge in [0.15, 0.2) is 5.75 Å². The summed E-state index contributed by atoms with van der Waals surface area (Å²) in [4.78, 5) is 11.6. The molecule has 0 atom stereocenters. The fourth-order valence-electron chi connectivity index (χ4n) is 7.16. The van der Waals surface area contributed by atoms with Crippen molar-refractivity contribution in [1.29, 1.82) is 0 Å². The first-order valence-electron chi connectivity index (χ1n) is 18.9. The van der Waals surface area contributed by atoms with Gasteiger partial charge in [0, 0.05) is 5.56 Å². The lowest BCUT2D eigenvalue weighted by Crippen LogP contribution is -2.75. The van der Waals surface area contributed by atoms with E-state index in [2.05, 4.69) is 12.5 Å². The molecule has 5 rings (SSSR count). The summed E-state index contributed by atoms with van der Waals surface area (Å²) in [5.74, 6) is 0.927. The molecule has 1 nitrogen and oxygen atoms in total. The van der Waals surface area contributed by atoms with Crippen molar-refractivity contribution in [3.63, 3.8) is 0 Å². The maximum absolute atomic E-state index is 14.2. The molecule has 0 aromatic heterocycles. The molecule has 5 aromatic carbocycles. The van der Waals surface area contributed by atoms with Crippen molar-refractivity contribution in [1.82, 2.24) is 0 Å². The number of ketones is 1. The molecule has 0 aliphatic carbocycles. The quantitative estimate of drug-likeness (QED) is 0.0687. The number of benzene rings is 5. The van der Waals surface area contributed by atoms with Gasteiger partial charge >= 0.3 is 49.4 Å². The zero-order valence-electron chi connectivity index (χ0n) is 34.9. The van der Waals surface area contributed by atoms with Gasteiger partial charge in [-0.2, -0.15) is 127 Å². The lowest BCUT2D eigenvalue weighted by atomic mass is 9.12. The van der Waals surface area contributed by atoms with E-state index in [1.807, 2.05) is 31.2 Å². The second kappa shape index (κ2) is 19.3. The third-order valence-electron chi connectivity index (χ3n) is 10.2. The van der Waals surface area contributed by atoms with Crippen LogP contribution in [0.1, 0.15) is 60.4 Å². The first-order valence-corrected chi connectivity index (χ1v) is 21.1. The van der Waals surface area contributed by atoms with Crippen LogP contribution in [0.2, 0.25) is 0 Å². The Balaban J connectivity index is 0.000000707. The van der Waals surface area contributed by atoms with E-state index in [0.29, 0.717) is 5.75 Å². The molecular formula is C43H27BF24OS. The van der Waals surface area contributed by atoms with Gasteiger partial charge in [-0.3, -0.25) is 4.79 Å². The molecule has 0 amide bonds. The van der Waals surface area contributed by atoms with Crippen molar-refractivity contribution in [2.75, 3.05) is 18.3 Å². The lowest BCUT2D eigenvalue weighted by Gasteiger charge is -2.46. The fraction of sp³-hybridized carbons (Fsp3) is 0.279. The third-order valence-corrected chi connectivity index (χ3v) is 11.1. The van der Waals surface area contributed by atoms with Crippen LogP contribution in [-0.2, 0) is 60.3 Å². The highest BCUT2D eigenvalue weighted by atomic mass is 32.2. The molecule has 0 fully saturated rings. The molecule has 0 spiro atoms. The summed E-state index contributed by atoms with van der Waals surface area (Å²) in [6.07, 6.45) is -50.6. The van der Waals surface area contributed by atoms with E-state index < -0.39 is 195 Å². The van der Waals surface area contributed by atoms with E-state index in [-0.39, 0.29) is 16.7 Å². The fourth-order valence-corrected chi connectivity index (χ4v) is 7.85. The molecule has 0 saturated heterocycles. The summed E-state index contributed by atoms with van der Waals surface area (Å²) in [5.41, 5.74) is -28.2. The Morgan fingerprint density at radius 2 is 0.543 bits per heavy atom. The van der Waals surface area contributed by atoms with E-state index in [4.69, 9.17) is 0 Å². The minimum absolute atomic E-state index is 0.199. The average Bonchev–Trinajstić information content (AvgIpc) is 3.18. The van der Waals surface area contributed by atoms with Crippen molar-refractivity contribution < 1.29 is 110 Å². The SMILES string of the molecule is Cc1ccc(C(=O)C[S+](C)C)cc1.FC(F)(F)c1cc([B-](c2cc(C(F)(F)F)cc(C(F)(F)F)c2)(c2cc(C(F)(F)F)cc(C(F)(F)F)c2)c2cc(C(F)(F)F)cc(C(F)(F)F)c2)cc(C(F)(F)F)c1. The maximum Gasteiger partial charge on any atom is 0.416 e. The Bertz CT molecular complexity index is 2240. The van der Waals surface area contributed by atoms with Crippen LogP contribution in [0.25, 0.3) is 0 Å². The Morgan fingerprint density at radius 1 is 0.357 bits per heavy atom. The number of hydrogen-bond donors (Lipinski definition) is 0. The number of carbonyl (C=O) groups excluding carboxylic acids is 1. The molecule has 70 heavy (non-hydrogen) atoms. The molecule has 0 aliphatic rings. The highest BCUT2D eigenvalue weighted by Crippen LogP contribution is 2.41. The second-order valence-corrected chi connectivity index (χ2v) is 17.9. The van der Waals surface area contributed by atoms with Crippen LogP contribution < -0.4 is 21.9 Å². The molecule has 0 aliphatic heterocycles. The van der Waals surface area contributed by atoms with Gasteiger partial charge in [-0.25, -0.2) is 0 Å². The van der Waals surface area contributed by atoms with E-state index in [1.165, 1.54) is 5.56 Å². The predicted molar refractivity (Wildman–Crippen MR) is 210 cm³/mol. The molecule has 0 heterocycles. The Labute approximate surface area is 381 Å². The molecule has 0 bridgehead atoms. The van der Waals surface area contributed by atoms with Crippen molar-refractivity contribution in [2.24, 2.45) is 0 Å². The third kappa shape index (κ3) is 13.5.